The normalized spacial score (nSPS) is 10.8. The number of rotatable bonds is 3. The molecule has 0 amide bonds. The molecule has 0 aliphatic rings. The molecule has 0 aliphatic carbocycles. The van der Waals surface area contributed by atoms with Crippen molar-refractivity contribution < 1.29 is 23.1 Å². The molecule has 0 bridgehead atoms. The molecule has 0 atom stereocenters. The van der Waals surface area contributed by atoms with Crippen molar-refractivity contribution in [1.82, 2.24) is 0 Å². The van der Waals surface area contributed by atoms with Gasteiger partial charge in [0.1, 0.15) is 17.6 Å². The molecule has 0 aliphatic heterocycles. The Hall–Kier alpha value is -1.43. The molecule has 0 saturated heterocycles. The Morgan fingerprint density at radius 1 is 1.69 bits per heavy atom. The summed E-state index contributed by atoms with van der Waals surface area (Å²) < 4.78 is 28.9. The summed E-state index contributed by atoms with van der Waals surface area (Å²) in [6.45, 7) is -0.214. The van der Waals surface area contributed by atoms with Gasteiger partial charge in [-0.3, -0.25) is 0 Å². The maximum Gasteiger partial charge on any atom is 0.339 e. The van der Waals surface area contributed by atoms with E-state index in [0.717, 1.165) is 6.26 Å². The largest absolute Gasteiger partial charge is 0.478 e. The average Bonchev–Trinajstić information content (AvgIpc) is 2.46. The van der Waals surface area contributed by atoms with Crippen LogP contribution in [0.1, 0.15) is 28.1 Å². The highest BCUT2D eigenvalue weighted by Gasteiger charge is 2.24. The maximum atomic E-state index is 12.2. The second-order valence-corrected chi connectivity index (χ2v) is 2.30. The van der Waals surface area contributed by atoms with Gasteiger partial charge < -0.3 is 15.3 Å². The summed E-state index contributed by atoms with van der Waals surface area (Å²) in [6.07, 6.45) is -2.15. The van der Waals surface area contributed by atoms with Gasteiger partial charge in [-0.2, -0.15) is 0 Å². The molecule has 0 unspecified atom stereocenters. The number of alkyl halides is 2. The van der Waals surface area contributed by atoms with Gasteiger partial charge in [0.05, 0.1) is 12.1 Å². The number of hydrogen-bond donors (Lipinski definition) is 2. The van der Waals surface area contributed by atoms with E-state index in [1.54, 1.807) is 0 Å². The first-order valence-electron chi connectivity index (χ1n) is 3.39. The van der Waals surface area contributed by atoms with Gasteiger partial charge in [0, 0.05) is 0 Å². The maximum absolute atomic E-state index is 12.2. The topological polar surface area (TPSA) is 76.5 Å². The summed E-state index contributed by atoms with van der Waals surface area (Å²) in [6, 6.07) is 0. The number of halogens is 2. The van der Waals surface area contributed by atoms with Crippen LogP contribution in [0.5, 0.6) is 0 Å². The Labute approximate surface area is 71.9 Å². The predicted molar refractivity (Wildman–Crippen MR) is 38.5 cm³/mol. The van der Waals surface area contributed by atoms with Crippen LogP contribution < -0.4 is 5.73 Å². The third-order valence-electron chi connectivity index (χ3n) is 1.53. The van der Waals surface area contributed by atoms with Crippen molar-refractivity contribution in [2.75, 3.05) is 0 Å². The second-order valence-electron chi connectivity index (χ2n) is 2.30. The van der Waals surface area contributed by atoms with E-state index in [1.807, 2.05) is 0 Å². The molecule has 3 N–H and O–H groups in total. The van der Waals surface area contributed by atoms with Crippen LogP contribution in [0.3, 0.4) is 0 Å². The first-order chi connectivity index (χ1) is 6.07. The van der Waals surface area contributed by atoms with Gasteiger partial charge in [-0.25, -0.2) is 13.6 Å². The quantitative estimate of drug-likeness (QED) is 0.756. The lowest BCUT2D eigenvalue weighted by molar-refractivity contribution is 0.0683. The number of aromatic carboxylic acids is 1. The predicted octanol–water partition coefficient (Wildman–Crippen LogP) is 1.37. The van der Waals surface area contributed by atoms with Crippen LogP contribution in [-0.4, -0.2) is 11.1 Å². The molecule has 0 fully saturated rings. The minimum absolute atomic E-state index is 0.136. The Balaban J connectivity index is 3.22. The number of carbonyl (C=O) groups is 1. The molecular weight excluding hydrogens is 184 g/mol. The fourth-order valence-electron chi connectivity index (χ4n) is 0.967. The first kappa shape index (κ1) is 9.66. The van der Waals surface area contributed by atoms with Crippen LogP contribution in [0.15, 0.2) is 10.7 Å². The zero-order chi connectivity index (χ0) is 10.0. The third kappa shape index (κ3) is 1.67. The molecule has 4 nitrogen and oxygen atoms in total. The average molecular weight is 191 g/mol. The van der Waals surface area contributed by atoms with Gasteiger partial charge in [0.25, 0.3) is 6.43 Å². The Morgan fingerprint density at radius 2 is 2.31 bits per heavy atom. The van der Waals surface area contributed by atoms with Gasteiger partial charge >= 0.3 is 5.97 Å². The molecule has 1 heterocycles. The van der Waals surface area contributed by atoms with Crippen molar-refractivity contribution in [3.05, 3.63) is 23.2 Å². The highest BCUT2D eigenvalue weighted by Crippen LogP contribution is 2.26. The molecule has 6 heteroatoms. The van der Waals surface area contributed by atoms with Crippen molar-refractivity contribution in [3.63, 3.8) is 0 Å². The van der Waals surface area contributed by atoms with E-state index in [0.29, 0.717) is 0 Å². The summed E-state index contributed by atoms with van der Waals surface area (Å²) in [5, 5.41) is 8.57. The third-order valence-corrected chi connectivity index (χ3v) is 1.53. The fraction of sp³-hybridized carbons (Fsp3) is 0.286. The molecule has 72 valence electrons. The Bertz CT molecular complexity index is 322. The van der Waals surface area contributed by atoms with Gasteiger partial charge in [-0.15, -0.1) is 0 Å². The van der Waals surface area contributed by atoms with E-state index in [2.05, 4.69) is 4.42 Å². The molecule has 0 aromatic carbocycles. The van der Waals surface area contributed by atoms with Crippen molar-refractivity contribution in [2.24, 2.45) is 5.73 Å². The molecule has 13 heavy (non-hydrogen) atoms. The van der Waals surface area contributed by atoms with Gasteiger partial charge in [-0.05, 0) is 0 Å². The summed E-state index contributed by atoms with van der Waals surface area (Å²) in [5.41, 5.74) is 3.94. The van der Waals surface area contributed by atoms with Crippen LogP contribution >= 0.6 is 0 Å². The first-order valence-corrected chi connectivity index (χ1v) is 3.39. The molecule has 1 rings (SSSR count). The van der Waals surface area contributed by atoms with Crippen LogP contribution in [0.25, 0.3) is 0 Å². The van der Waals surface area contributed by atoms with E-state index in [9.17, 15) is 13.6 Å². The lowest BCUT2D eigenvalue weighted by atomic mass is 10.1. The lowest BCUT2D eigenvalue weighted by Crippen LogP contribution is -2.06. The molecule has 1 aromatic rings. The summed E-state index contributed by atoms with van der Waals surface area (Å²) in [4.78, 5) is 10.5. The number of furan rings is 1. The smallest absolute Gasteiger partial charge is 0.339 e. The monoisotopic (exact) mass is 191 g/mol. The highest BCUT2D eigenvalue weighted by molar-refractivity contribution is 5.90. The Morgan fingerprint density at radius 3 is 2.69 bits per heavy atom. The van der Waals surface area contributed by atoms with Crippen molar-refractivity contribution in [1.29, 1.82) is 0 Å². The van der Waals surface area contributed by atoms with Crippen molar-refractivity contribution >= 4 is 5.97 Å². The molecule has 0 saturated carbocycles. The standard InChI is InChI=1S/C7H7F2NO3/c8-6(9)3-2-13-4(1-10)5(3)7(11)12/h2,6H,1,10H2,(H,11,12). The summed E-state index contributed by atoms with van der Waals surface area (Å²) >= 11 is 0. The van der Waals surface area contributed by atoms with Gasteiger partial charge in [0.2, 0.25) is 0 Å². The van der Waals surface area contributed by atoms with E-state index in [1.165, 1.54) is 0 Å². The van der Waals surface area contributed by atoms with Crippen molar-refractivity contribution in [3.8, 4) is 0 Å². The lowest BCUT2D eigenvalue weighted by Gasteiger charge is -1.97. The summed E-state index contributed by atoms with van der Waals surface area (Å²) in [7, 11) is 0. The molecule has 0 spiro atoms. The zero-order valence-electron chi connectivity index (χ0n) is 6.46. The SMILES string of the molecule is NCc1occ(C(F)F)c1C(=O)O. The van der Waals surface area contributed by atoms with E-state index in [-0.39, 0.29) is 12.3 Å². The van der Waals surface area contributed by atoms with Crippen LogP contribution in [0, 0.1) is 0 Å². The number of carboxylic acids is 1. The van der Waals surface area contributed by atoms with Crippen LogP contribution in [0.2, 0.25) is 0 Å². The van der Waals surface area contributed by atoms with Crippen LogP contribution in [-0.2, 0) is 6.54 Å². The number of carboxylic acid groups (broad SMARTS) is 1. The summed E-state index contributed by atoms with van der Waals surface area (Å²) in [5.74, 6) is -1.59. The molecular formula is C7H7F2NO3. The minimum atomic E-state index is -2.87. The molecule has 1 aromatic heterocycles. The Kier molecular flexibility index (Phi) is 2.62. The highest BCUT2D eigenvalue weighted by atomic mass is 19.3. The van der Waals surface area contributed by atoms with Gasteiger partial charge in [0.15, 0.2) is 0 Å². The van der Waals surface area contributed by atoms with E-state index in [4.69, 9.17) is 10.8 Å². The number of nitrogens with two attached hydrogens (primary N) is 1. The number of hydrogen-bond acceptors (Lipinski definition) is 3. The second kappa shape index (κ2) is 3.53. The fourth-order valence-corrected chi connectivity index (χ4v) is 0.967. The van der Waals surface area contributed by atoms with Gasteiger partial charge in [-0.1, -0.05) is 0 Å². The van der Waals surface area contributed by atoms with E-state index < -0.39 is 23.5 Å². The minimum Gasteiger partial charge on any atom is -0.478 e. The van der Waals surface area contributed by atoms with Crippen LogP contribution in [0.4, 0.5) is 8.78 Å². The molecule has 0 radical (unpaired) electrons. The zero-order valence-corrected chi connectivity index (χ0v) is 6.46. The van der Waals surface area contributed by atoms with Crippen molar-refractivity contribution in [2.45, 2.75) is 13.0 Å². The van der Waals surface area contributed by atoms with E-state index >= 15 is 0 Å².